The van der Waals surface area contributed by atoms with Gasteiger partial charge >= 0.3 is 6.03 Å². The lowest BCUT2D eigenvalue weighted by atomic mass is 9.90. The van der Waals surface area contributed by atoms with E-state index in [1.54, 1.807) is 4.57 Å². The Hall–Kier alpha value is -0.843. The summed E-state index contributed by atoms with van der Waals surface area (Å²) in [6.07, 6.45) is 1.40. The summed E-state index contributed by atoms with van der Waals surface area (Å²) >= 11 is 0. The molecule has 0 aromatic rings. The molecule has 5 heteroatoms. The van der Waals surface area contributed by atoms with Gasteiger partial charge in [-0.2, -0.15) is 0 Å². The Morgan fingerprint density at radius 3 is 1.62 bits per heavy atom. The lowest BCUT2D eigenvalue weighted by Gasteiger charge is -2.36. The number of urea groups is 1. The van der Waals surface area contributed by atoms with E-state index >= 15 is 0 Å². The van der Waals surface area contributed by atoms with Crippen LogP contribution in [0.25, 0.3) is 0 Å². The second-order valence-electron chi connectivity index (χ2n) is 6.41. The molecule has 1 aliphatic heterocycles. The fraction of sp³-hybridized carbons (Fsp3) is 0.875. The fourth-order valence-corrected chi connectivity index (χ4v) is 7.54. The smallest absolute Gasteiger partial charge is 0.308 e. The largest absolute Gasteiger partial charge is 0.319 e. The number of imide groups is 1. The Kier molecular flexibility index (Phi) is 5.64. The number of nitrogens with zero attached hydrogens (tertiary/aromatic N) is 2. The van der Waals surface area contributed by atoms with Crippen LogP contribution in [-0.4, -0.2) is 41.2 Å². The van der Waals surface area contributed by atoms with Gasteiger partial charge in [0.2, 0.25) is 5.91 Å². The minimum Gasteiger partial charge on any atom is -0.308 e. The van der Waals surface area contributed by atoms with Gasteiger partial charge in [-0.05, 0) is 44.8 Å². The van der Waals surface area contributed by atoms with Gasteiger partial charge in [-0.25, -0.2) is 4.79 Å². The monoisotopic (exact) mass is 312 g/mol. The summed E-state index contributed by atoms with van der Waals surface area (Å²) in [6, 6.07) is 2.88. The highest BCUT2D eigenvalue weighted by atomic mass is 28.3. The molecule has 4 nitrogen and oxygen atoms in total. The quantitative estimate of drug-likeness (QED) is 0.521. The third kappa shape index (κ3) is 2.43. The van der Waals surface area contributed by atoms with E-state index < -0.39 is 13.8 Å². The summed E-state index contributed by atoms with van der Waals surface area (Å²) in [6.45, 7) is 14.5. The average molecular weight is 313 g/mol. The van der Waals surface area contributed by atoms with Gasteiger partial charge in [0.15, 0.2) is 8.24 Å². The molecule has 0 aliphatic carbocycles. The Balaban J connectivity index is 3.45. The molecule has 0 aromatic carbocycles. The van der Waals surface area contributed by atoms with Crippen molar-refractivity contribution in [1.29, 1.82) is 0 Å². The van der Waals surface area contributed by atoms with Crippen molar-refractivity contribution in [2.75, 3.05) is 0 Å². The van der Waals surface area contributed by atoms with Gasteiger partial charge in [-0.1, -0.05) is 34.6 Å². The van der Waals surface area contributed by atoms with Crippen molar-refractivity contribution in [3.8, 4) is 0 Å². The first-order valence-corrected chi connectivity index (χ1v) is 11.1. The van der Waals surface area contributed by atoms with Crippen LogP contribution in [0.5, 0.6) is 0 Å². The van der Waals surface area contributed by atoms with Gasteiger partial charge in [-0.15, -0.1) is 0 Å². The van der Waals surface area contributed by atoms with Crippen LogP contribution in [0.15, 0.2) is 0 Å². The van der Waals surface area contributed by atoms with Crippen molar-refractivity contribution in [3.05, 3.63) is 0 Å². The molecule has 1 aliphatic rings. The molecule has 1 saturated heterocycles. The first-order chi connectivity index (χ1) is 9.81. The maximum Gasteiger partial charge on any atom is 0.319 e. The van der Waals surface area contributed by atoms with Crippen molar-refractivity contribution in [3.63, 3.8) is 0 Å². The third-order valence-corrected chi connectivity index (χ3v) is 10.9. The molecule has 0 unspecified atom stereocenters. The first kappa shape index (κ1) is 18.2. The average Bonchev–Trinajstić information content (AvgIpc) is 2.71. The van der Waals surface area contributed by atoms with Crippen molar-refractivity contribution in [2.45, 2.75) is 91.0 Å². The highest BCUT2D eigenvalue weighted by molar-refractivity contribution is 6.81. The Morgan fingerprint density at radius 2 is 1.38 bits per heavy atom. The van der Waals surface area contributed by atoms with Crippen LogP contribution >= 0.6 is 0 Å². The summed E-state index contributed by atoms with van der Waals surface area (Å²) in [4.78, 5) is 28.2. The van der Waals surface area contributed by atoms with Crippen LogP contribution in [0, 0.1) is 0 Å². The molecule has 0 atom stereocenters. The second-order valence-corrected chi connectivity index (χ2v) is 11.4. The third-order valence-electron chi connectivity index (χ3n) is 5.59. The summed E-state index contributed by atoms with van der Waals surface area (Å²) in [7, 11) is -2.03. The van der Waals surface area contributed by atoms with Crippen LogP contribution < -0.4 is 0 Å². The van der Waals surface area contributed by atoms with E-state index in [0.717, 1.165) is 18.1 Å². The topological polar surface area (TPSA) is 40.6 Å². The Labute approximate surface area is 131 Å². The minimum absolute atomic E-state index is 0.0316. The van der Waals surface area contributed by atoms with E-state index in [4.69, 9.17) is 0 Å². The van der Waals surface area contributed by atoms with Crippen molar-refractivity contribution in [1.82, 2.24) is 9.47 Å². The van der Waals surface area contributed by atoms with E-state index in [9.17, 15) is 9.59 Å². The van der Waals surface area contributed by atoms with Crippen LogP contribution in [0.4, 0.5) is 4.79 Å². The number of hydrogen-bond donors (Lipinski definition) is 0. The summed E-state index contributed by atoms with van der Waals surface area (Å²) < 4.78 is 1.74. The van der Waals surface area contributed by atoms with Crippen molar-refractivity contribution in [2.24, 2.45) is 0 Å². The molecule has 21 heavy (non-hydrogen) atoms. The lowest BCUT2D eigenvalue weighted by Crippen LogP contribution is -2.56. The standard InChI is InChI=1S/C16H32N2O2Si/c1-8-16(9-2)14(19)18(15(20)17(16)13(6)7)21(10-3,11-4)12-5/h13H,8-12H2,1-7H3. The zero-order valence-corrected chi connectivity index (χ0v) is 15.8. The zero-order valence-electron chi connectivity index (χ0n) is 14.8. The van der Waals surface area contributed by atoms with Crippen LogP contribution in [0.2, 0.25) is 18.1 Å². The van der Waals surface area contributed by atoms with Gasteiger partial charge in [-0.3, -0.25) is 9.36 Å². The van der Waals surface area contributed by atoms with E-state index in [-0.39, 0.29) is 18.0 Å². The number of rotatable bonds is 7. The number of amides is 3. The maximum atomic E-state index is 13.2. The number of carbonyl (C=O) groups excluding carboxylic acids is 2. The highest BCUT2D eigenvalue weighted by Crippen LogP contribution is 2.41. The van der Waals surface area contributed by atoms with Crippen molar-refractivity contribution < 1.29 is 9.59 Å². The normalized spacial score (nSPS) is 19.0. The number of carbonyl (C=O) groups is 2. The molecular formula is C16H32N2O2Si. The molecular weight excluding hydrogens is 280 g/mol. The zero-order chi connectivity index (χ0) is 16.4. The van der Waals surface area contributed by atoms with Crippen LogP contribution in [0.1, 0.15) is 61.3 Å². The molecule has 0 spiro atoms. The van der Waals surface area contributed by atoms with E-state index in [1.807, 2.05) is 32.6 Å². The molecule has 1 fully saturated rings. The van der Waals surface area contributed by atoms with Gasteiger partial charge < -0.3 is 4.90 Å². The SMILES string of the molecule is CCC1(CC)C(=O)N([Si](CC)(CC)CC)C(=O)N1C(C)C. The predicted octanol–water partition coefficient (Wildman–Crippen LogP) is 4.22. The molecule has 1 heterocycles. The summed E-state index contributed by atoms with van der Waals surface area (Å²) in [5, 5.41) is 0. The summed E-state index contributed by atoms with van der Waals surface area (Å²) in [5.41, 5.74) is -0.622. The van der Waals surface area contributed by atoms with Crippen LogP contribution in [-0.2, 0) is 4.79 Å². The molecule has 122 valence electrons. The lowest BCUT2D eigenvalue weighted by molar-refractivity contribution is -0.131. The van der Waals surface area contributed by atoms with Gasteiger partial charge in [0.1, 0.15) is 5.54 Å². The van der Waals surface area contributed by atoms with E-state index in [1.165, 1.54) is 0 Å². The first-order valence-electron chi connectivity index (χ1n) is 8.49. The Morgan fingerprint density at radius 1 is 0.952 bits per heavy atom. The highest BCUT2D eigenvalue weighted by Gasteiger charge is 2.60. The predicted molar refractivity (Wildman–Crippen MR) is 89.7 cm³/mol. The second kappa shape index (κ2) is 6.51. The van der Waals surface area contributed by atoms with Gasteiger partial charge in [0.05, 0.1) is 0 Å². The molecule has 0 aromatic heterocycles. The molecule has 3 amide bonds. The van der Waals surface area contributed by atoms with E-state index in [0.29, 0.717) is 12.8 Å². The molecule has 0 radical (unpaired) electrons. The van der Waals surface area contributed by atoms with E-state index in [2.05, 4.69) is 20.8 Å². The molecule has 0 saturated carbocycles. The van der Waals surface area contributed by atoms with Gasteiger partial charge in [0, 0.05) is 6.04 Å². The summed E-state index contributed by atoms with van der Waals surface area (Å²) in [5.74, 6) is 0.0726. The number of hydrogen-bond acceptors (Lipinski definition) is 2. The minimum atomic E-state index is -2.03. The molecule has 0 N–H and O–H groups in total. The van der Waals surface area contributed by atoms with Crippen LogP contribution in [0.3, 0.4) is 0 Å². The van der Waals surface area contributed by atoms with Crippen molar-refractivity contribution >= 4 is 20.2 Å². The maximum absolute atomic E-state index is 13.2. The van der Waals surface area contributed by atoms with Gasteiger partial charge in [0.25, 0.3) is 0 Å². The Bertz CT molecular complexity index is 393. The molecule has 0 bridgehead atoms. The fourth-order valence-electron chi connectivity index (χ4n) is 3.94. The molecule has 1 rings (SSSR count).